The molecule has 0 fully saturated rings. The predicted octanol–water partition coefficient (Wildman–Crippen LogP) is 1.79. The van der Waals surface area contributed by atoms with Gasteiger partial charge in [0.15, 0.2) is 0 Å². The van der Waals surface area contributed by atoms with Gasteiger partial charge in [0.05, 0.1) is 18.0 Å². The van der Waals surface area contributed by atoms with Gasteiger partial charge in [0, 0.05) is 19.7 Å². The van der Waals surface area contributed by atoms with E-state index in [1.807, 2.05) is 18.7 Å². The molecule has 0 aliphatic heterocycles. The van der Waals surface area contributed by atoms with E-state index in [0.717, 1.165) is 36.6 Å². The second-order valence-corrected chi connectivity index (χ2v) is 4.29. The molecule has 1 heterocycles. The minimum Gasteiger partial charge on any atom is -0.394 e. The Hall–Kier alpha value is -1.23. The van der Waals surface area contributed by atoms with Gasteiger partial charge in [-0.3, -0.25) is 4.68 Å². The lowest BCUT2D eigenvalue weighted by Gasteiger charge is -2.15. The Bertz CT molecular complexity index is 349. The van der Waals surface area contributed by atoms with Crippen molar-refractivity contribution in [1.82, 2.24) is 9.78 Å². The lowest BCUT2D eigenvalue weighted by atomic mass is 10.2. The van der Waals surface area contributed by atoms with Crippen LogP contribution in [0.1, 0.15) is 32.9 Å². The number of anilines is 2. The fraction of sp³-hybridized carbons (Fsp3) is 0.750. The molecule has 17 heavy (non-hydrogen) atoms. The monoisotopic (exact) mass is 240 g/mol. The molecule has 5 nitrogen and oxygen atoms in total. The number of nitrogens with two attached hydrogens (primary N) is 1. The Morgan fingerprint density at radius 1 is 1.47 bits per heavy atom. The third kappa shape index (κ3) is 3.63. The van der Waals surface area contributed by atoms with Gasteiger partial charge in [-0.25, -0.2) is 0 Å². The summed E-state index contributed by atoms with van der Waals surface area (Å²) in [5.41, 5.74) is 7.82. The minimum atomic E-state index is 0.224. The molecule has 1 atom stereocenters. The van der Waals surface area contributed by atoms with Gasteiger partial charge in [0.2, 0.25) is 0 Å². The largest absolute Gasteiger partial charge is 0.394 e. The highest BCUT2D eigenvalue weighted by Crippen LogP contribution is 2.23. The van der Waals surface area contributed by atoms with Gasteiger partial charge in [-0.2, -0.15) is 5.10 Å². The normalized spacial score (nSPS) is 12.7. The molecule has 0 aromatic carbocycles. The number of nitrogens with zero attached hydrogens (tertiary/aromatic N) is 2. The molecule has 0 aliphatic rings. The Morgan fingerprint density at radius 2 is 2.18 bits per heavy atom. The Balaban J connectivity index is 2.69. The molecule has 98 valence electrons. The summed E-state index contributed by atoms with van der Waals surface area (Å²) in [6, 6.07) is 0.224. The second-order valence-electron chi connectivity index (χ2n) is 4.29. The van der Waals surface area contributed by atoms with Crippen molar-refractivity contribution in [3.8, 4) is 0 Å². The van der Waals surface area contributed by atoms with Crippen molar-refractivity contribution in [2.24, 2.45) is 7.05 Å². The molecule has 5 heteroatoms. The lowest BCUT2D eigenvalue weighted by molar-refractivity contribution is 0.141. The number of ether oxygens (including phenoxy) is 1. The third-order valence-corrected chi connectivity index (χ3v) is 2.60. The van der Waals surface area contributed by atoms with Crippen molar-refractivity contribution in [2.45, 2.75) is 39.7 Å². The minimum absolute atomic E-state index is 0.224. The molecule has 1 aromatic heterocycles. The topological polar surface area (TPSA) is 65.1 Å². The van der Waals surface area contributed by atoms with Crippen LogP contribution >= 0.6 is 0 Å². The Morgan fingerprint density at radius 3 is 2.76 bits per heavy atom. The molecule has 1 unspecified atom stereocenters. The molecule has 0 radical (unpaired) electrons. The van der Waals surface area contributed by atoms with Gasteiger partial charge in [-0.05, 0) is 20.3 Å². The fourth-order valence-electron chi connectivity index (χ4n) is 1.76. The van der Waals surface area contributed by atoms with Crippen molar-refractivity contribution in [3.05, 3.63) is 5.69 Å². The van der Waals surface area contributed by atoms with Crippen LogP contribution in [0.5, 0.6) is 0 Å². The predicted molar refractivity (Wildman–Crippen MR) is 71.2 cm³/mol. The fourth-order valence-corrected chi connectivity index (χ4v) is 1.76. The van der Waals surface area contributed by atoms with E-state index in [-0.39, 0.29) is 6.04 Å². The molecule has 1 rings (SSSR count). The van der Waals surface area contributed by atoms with E-state index >= 15 is 0 Å². The van der Waals surface area contributed by atoms with E-state index in [0.29, 0.717) is 6.61 Å². The summed E-state index contributed by atoms with van der Waals surface area (Å²) < 4.78 is 7.18. The number of hydrogen-bond acceptors (Lipinski definition) is 4. The van der Waals surface area contributed by atoms with Crippen LogP contribution in [0, 0.1) is 0 Å². The van der Waals surface area contributed by atoms with Gasteiger partial charge in [-0.1, -0.05) is 13.3 Å². The van der Waals surface area contributed by atoms with Crippen LogP contribution in [-0.2, 0) is 18.2 Å². The van der Waals surface area contributed by atoms with Gasteiger partial charge in [0.1, 0.15) is 5.82 Å². The van der Waals surface area contributed by atoms with Gasteiger partial charge in [-0.15, -0.1) is 0 Å². The zero-order valence-corrected chi connectivity index (χ0v) is 11.3. The average molecular weight is 240 g/mol. The zero-order valence-electron chi connectivity index (χ0n) is 11.3. The summed E-state index contributed by atoms with van der Waals surface area (Å²) in [5.74, 6) is 0.889. The summed E-state index contributed by atoms with van der Waals surface area (Å²) in [6.07, 6.45) is 1.97. The van der Waals surface area contributed by atoms with Gasteiger partial charge < -0.3 is 15.8 Å². The maximum absolute atomic E-state index is 6.08. The quantitative estimate of drug-likeness (QED) is 0.762. The van der Waals surface area contributed by atoms with Crippen LogP contribution in [-0.4, -0.2) is 29.0 Å². The molecule has 0 aliphatic carbocycles. The van der Waals surface area contributed by atoms with E-state index in [9.17, 15) is 0 Å². The Kier molecular flexibility index (Phi) is 5.28. The lowest BCUT2D eigenvalue weighted by Crippen LogP contribution is -2.23. The maximum Gasteiger partial charge on any atom is 0.148 e. The van der Waals surface area contributed by atoms with E-state index in [2.05, 4.69) is 24.3 Å². The van der Waals surface area contributed by atoms with Crippen molar-refractivity contribution < 1.29 is 4.74 Å². The standard InChI is InChI=1S/C12H24N4O/c1-5-7-10-11(13)12(16(4)15-10)14-9(3)8-17-6-2/h9,14H,5-8,13H2,1-4H3. The highest BCUT2D eigenvalue weighted by atomic mass is 16.5. The first-order valence-corrected chi connectivity index (χ1v) is 6.25. The smallest absolute Gasteiger partial charge is 0.148 e. The van der Waals surface area contributed by atoms with Gasteiger partial charge >= 0.3 is 0 Å². The van der Waals surface area contributed by atoms with E-state index in [4.69, 9.17) is 10.5 Å². The molecule has 0 spiro atoms. The highest BCUT2D eigenvalue weighted by molar-refractivity contribution is 5.65. The number of rotatable bonds is 7. The van der Waals surface area contributed by atoms with Crippen LogP contribution < -0.4 is 11.1 Å². The van der Waals surface area contributed by atoms with Crippen LogP contribution in [0.4, 0.5) is 11.5 Å². The van der Waals surface area contributed by atoms with E-state index < -0.39 is 0 Å². The van der Waals surface area contributed by atoms with Crippen LogP contribution in [0.3, 0.4) is 0 Å². The maximum atomic E-state index is 6.08. The first kappa shape index (κ1) is 13.8. The van der Waals surface area contributed by atoms with E-state index in [1.54, 1.807) is 0 Å². The van der Waals surface area contributed by atoms with E-state index in [1.165, 1.54) is 0 Å². The van der Waals surface area contributed by atoms with Crippen LogP contribution in [0.25, 0.3) is 0 Å². The molecule has 1 aromatic rings. The zero-order chi connectivity index (χ0) is 12.8. The van der Waals surface area contributed by atoms with Crippen molar-refractivity contribution in [2.75, 3.05) is 24.3 Å². The van der Waals surface area contributed by atoms with Gasteiger partial charge in [0.25, 0.3) is 0 Å². The summed E-state index contributed by atoms with van der Waals surface area (Å²) >= 11 is 0. The molecular weight excluding hydrogens is 216 g/mol. The molecule has 0 amide bonds. The second kappa shape index (κ2) is 6.49. The number of aromatic nitrogens is 2. The van der Waals surface area contributed by atoms with Crippen LogP contribution in [0.2, 0.25) is 0 Å². The Labute approximate surface area is 103 Å². The molecule has 0 bridgehead atoms. The number of hydrogen-bond donors (Lipinski definition) is 2. The molecule has 0 saturated heterocycles. The number of nitrogens with one attached hydrogen (secondary N) is 1. The molecule has 3 N–H and O–H groups in total. The summed E-state index contributed by atoms with van der Waals surface area (Å²) in [5, 5.41) is 7.76. The SMILES string of the molecule is CCCc1nn(C)c(NC(C)COCC)c1N. The number of aryl methyl sites for hydroxylation is 2. The molecule has 0 saturated carbocycles. The number of nitrogen functional groups attached to an aromatic ring is 1. The summed E-state index contributed by atoms with van der Waals surface area (Å²) in [7, 11) is 1.91. The average Bonchev–Trinajstić information content (AvgIpc) is 2.55. The van der Waals surface area contributed by atoms with Crippen molar-refractivity contribution in [1.29, 1.82) is 0 Å². The third-order valence-electron chi connectivity index (χ3n) is 2.60. The van der Waals surface area contributed by atoms with Crippen molar-refractivity contribution in [3.63, 3.8) is 0 Å². The summed E-state index contributed by atoms with van der Waals surface area (Å²) in [6.45, 7) is 7.59. The van der Waals surface area contributed by atoms with Crippen LogP contribution in [0.15, 0.2) is 0 Å². The molecular formula is C12H24N4O. The highest BCUT2D eigenvalue weighted by Gasteiger charge is 2.14. The summed E-state index contributed by atoms with van der Waals surface area (Å²) in [4.78, 5) is 0. The van der Waals surface area contributed by atoms with Crippen molar-refractivity contribution >= 4 is 11.5 Å². The first-order valence-electron chi connectivity index (χ1n) is 6.25. The first-order chi connectivity index (χ1) is 8.10.